The number of aliphatic hydroxyl groups is 1. The topological polar surface area (TPSA) is 38.0 Å². The molecule has 1 aromatic heterocycles. The van der Waals surface area contributed by atoms with Crippen LogP contribution >= 0.6 is 0 Å². The Hall–Kier alpha value is -3.24. The lowest BCUT2D eigenvalue weighted by molar-refractivity contribution is 0.0218. The maximum atomic E-state index is 13.4. The van der Waals surface area contributed by atoms with E-state index in [1.54, 1.807) is 12.1 Å². The first-order chi connectivity index (χ1) is 16.0. The number of aromatic nitrogens is 2. The van der Waals surface area contributed by atoms with Gasteiger partial charge in [-0.2, -0.15) is 5.10 Å². The molecule has 0 bridgehead atoms. The summed E-state index contributed by atoms with van der Waals surface area (Å²) in [5.41, 5.74) is 5.39. The van der Waals surface area contributed by atoms with E-state index in [1.165, 1.54) is 28.7 Å². The van der Waals surface area contributed by atoms with Crippen LogP contribution in [0.4, 0.5) is 4.39 Å². The summed E-state index contributed by atoms with van der Waals surface area (Å²) >= 11 is 0. The number of fused-ring (bicyclic) bond motifs is 3. The van der Waals surface area contributed by atoms with Gasteiger partial charge in [0.2, 0.25) is 0 Å². The van der Waals surface area contributed by atoms with Gasteiger partial charge in [0.15, 0.2) is 0 Å². The summed E-state index contributed by atoms with van der Waals surface area (Å²) in [7, 11) is 0. The van der Waals surface area contributed by atoms with Crippen molar-refractivity contribution < 1.29 is 9.50 Å². The number of nitrogens with zero attached hydrogens (tertiary/aromatic N) is 2. The molecule has 0 saturated heterocycles. The summed E-state index contributed by atoms with van der Waals surface area (Å²) < 4.78 is 15.3. The number of rotatable bonds is 3. The van der Waals surface area contributed by atoms with E-state index in [-0.39, 0.29) is 17.2 Å². The van der Waals surface area contributed by atoms with Gasteiger partial charge in [-0.15, -0.1) is 0 Å². The van der Waals surface area contributed by atoms with Crippen LogP contribution in [0.5, 0.6) is 0 Å². The predicted molar refractivity (Wildman–Crippen MR) is 130 cm³/mol. The molecule has 3 atom stereocenters. The molecule has 0 aliphatic heterocycles. The van der Waals surface area contributed by atoms with Gasteiger partial charge in [0.1, 0.15) is 5.82 Å². The van der Waals surface area contributed by atoms with Crippen molar-refractivity contribution in [2.75, 3.05) is 0 Å². The number of hydrogen-bond acceptors (Lipinski definition) is 2. The van der Waals surface area contributed by atoms with Gasteiger partial charge in [-0.1, -0.05) is 48.9 Å². The van der Waals surface area contributed by atoms with Crippen LogP contribution in [0, 0.1) is 17.2 Å². The SMILES string of the molecule is C[C@]12Cc3cnn(-c4ccc(F)cc4)c3C=C1CCC[C@@H]2C(O)c1ccc2ccccc2c1. The van der Waals surface area contributed by atoms with Crippen LogP contribution in [0.1, 0.15) is 49.1 Å². The van der Waals surface area contributed by atoms with Gasteiger partial charge in [0, 0.05) is 0 Å². The van der Waals surface area contributed by atoms with Crippen molar-refractivity contribution in [2.24, 2.45) is 11.3 Å². The van der Waals surface area contributed by atoms with Crippen LogP contribution in [-0.2, 0) is 6.42 Å². The van der Waals surface area contributed by atoms with E-state index < -0.39 is 6.10 Å². The molecule has 2 aliphatic rings. The maximum absolute atomic E-state index is 13.4. The zero-order valence-electron chi connectivity index (χ0n) is 18.7. The number of aliphatic hydroxyl groups excluding tert-OH is 1. The summed E-state index contributed by atoms with van der Waals surface area (Å²) in [6.07, 6.45) is 7.65. The second-order valence-electron chi connectivity index (χ2n) is 9.76. The van der Waals surface area contributed by atoms with E-state index in [9.17, 15) is 9.50 Å². The Kier molecular flexibility index (Phi) is 4.73. The first-order valence-corrected chi connectivity index (χ1v) is 11.7. The average molecular weight is 439 g/mol. The van der Waals surface area contributed by atoms with Crippen LogP contribution in [0.15, 0.2) is 78.5 Å². The summed E-state index contributed by atoms with van der Waals surface area (Å²) in [5.74, 6) is -0.107. The first kappa shape index (κ1) is 20.4. The smallest absolute Gasteiger partial charge is 0.123 e. The van der Waals surface area contributed by atoms with Crippen LogP contribution in [0.25, 0.3) is 22.5 Å². The predicted octanol–water partition coefficient (Wildman–Crippen LogP) is 6.64. The van der Waals surface area contributed by atoms with E-state index in [0.717, 1.165) is 48.0 Å². The Balaban J connectivity index is 1.37. The minimum Gasteiger partial charge on any atom is -0.388 e. The highest BCUT2D eigenvalue weighted by Gasteiger charge is 2.46. The number of hydrogen-bond donors (Lipinski definition) is 1. The molecule has 1 unspecified atom stereocenters. The third kappa shape index (κ3) is 3.32. The number of halogens is 1. The van der Waals surface area contributed by atoms with Crippen molar-refractivity contribution in [3.63, 3.8) is 0 Å². The molecule has 33 heavy (non-hydrogen) atoms. The van der Waals surface area contributed by atoms with Gasteiger partial charge in [0.05, 0.1) is 23.7 Å². The van der Waals surface area contributed by atoms with Crippen LogP contribution in [0.3, 0.4) is 0 Å². The first-order valence-electron chi connectivity index (χ1n) is 11.7. The van der Waals surface area contributed by atoms with Crippen molar-refractivity contribution in [2.45, 2.75) is 38.7 Å². The molecule has 3 nitrogen and oxygen atoms in total. The van der Waals surface area contributed by atoms with Gasteiger partial charge in [-0.05, 0) is 95.3 Å². The van der Waals surface area contributed by atoms with Crippen LogP contribution in [0.2, 0.25) is 0 Å². The summed E-state index contributed by atoms with van der Waals surface area (Å²) in [6, 6.07) is 21.1. The normalized spacial score (nSPS) is 23.0. The zero-order chi connectivity index (χ0) is 22.6. The quantitative estimate of drug-likeness (QED) is 0.389. The van der Waals surface area contributed by atoms with E-state index in [4.69, 9.17) is 0 Å². The largest absolute Gasteiger partial charge is 0.388 e. The molecule has 4 aromatic rings. The fraction of sp³-hybridized carbons (Fsp3) is 0.276. The summed E-state index contributed by atoms with van der Waals surface area (Å²) in [5, 5.41) is 18.6. The summed E-state index contributed by atoms with van der Waals surface area (Å²) in [4.78, 5) is 0. The van der Waals surface area contributed by atoms with E-state index >= 15 is 0 Å². The zero-order valence-corrected chi connectivity index (χ0v) is 18.7. The summed E-state index contributed by atoms with van der Waals surface area (Å²) in [6.45, 7) is 2.31. The molecule has 166 valence electrons. The minimum absolute atomic E-state index is 0.118. The van der Waals surface area contributed by atoms with Crippen molar-refractivity contribution in [3.05, 3.63) is 101 Å². The molecule has 1 saturated carbocycles. The Bertz CT molecular complexity index is 1370. The highest BCUT2D eigenvalue weighted by Crippen LogP contribution is 2.54. The van der Waals surface area contributed by atoms with Crippen LogP contribution in [-0.4, -0.2) is 14.9 Å². The molecular formula is C29H27FN2O. The van der Waals surface area contributed by atoms with Gasteiger partial charge >= 0.3 is 0 Å². The fourth-order valence-corrected chi connectivity index (χ4v) is 6.00. The molecule has 0 radical (unpaired) electrons. The van der Waals surface area contributed by atoms with E-state index in [2.05, 4.69) is 48.4 Å². The van der Waals surface area contributed by atoms with Gasteiger partial charge < -0.3 is 5.11 Å². The van der Waals surface area contributed by atoms with Crippen molar-refractivity contribution >= 4 is 16.8 Å². The Morgan fingerprint density at radius 1 is 1.06 bits per heavy atom. The molecule has 4 heteroatoms. The molecule has 2 aliphatic carbocycles. The second kappa shape index (κ2) is 7.67. The average Bonchev–Trinajstić information content (AvgIpc) is 3.23. The standard InChI is InChI=1S/C29H27FN2O/c1-29-17-22-18-31-32(25-13-11-24(30)12-14-25)27(22)16-23(29)7-4-8-26(29)28(33)21-10-9-19-5-2-3-6-20(19)15-21/h2-3,5-6,9-16,18,26,28,33H,4,7-8,17H2,1H3/t26-,28?,29+/m1/s1. The lowest BCUT2D eigenvalue weighted by Gasteiger charge is -2.47. The molecule has 1 fully saturated rings. The molecule has 3 aromatic carbocycles. The highest BCUT2D eigenvalue weighted by molar-refractivity contribution is 5.83. The van der Waals surface area contributed by atoms with Gasteiger partial charge in [0.25, 0.3) is 0 Å². The lowest BCUT2D eigenvalue weighted by atomic mass is 9.57. The van der Waals surface area contributed by atoms with Crippen LogP contribution < -0.4 is 0 Å². The molecular weight excluding hydrogens is 411 g/mol. The molecule has 1 N–H and O–H groups in total. The maximum Gasteiger partial charge on any atom is 0.123 e. The second-order valence-corrected chi connectivity index (χ2v) is 9.76. The van der Waals surface area contributed by atoms with Crippen molar-refractivity contribution in [1.82, 2.24) is 9.78 Å². The fourth-order valence-electron chi connectivity index (χ4n) is 6.00. The third-order valence-corrected chi connectivity index (χ3v) is 7.84. The Morgan fingerprint density at radius 3 is 2.67 bits per heavy atom. The minimum atomic E-state index is -0.517. The van der Waals surface area contributed by atoms with Gasteiger partial charge in [-0.3, -0.25) is 0 Å². The molecule has 1 heterocycles. The van der Waals surface area contributed by atoms with Crippen molar-refractivity contribution in [1.29, 1.82) is 0 Å². The number of allylic oxidation sites excluding steroid dienone is 1. The number of benzene rings is 3. The Labute approximate surface area is 193 Å². The van der Waals surface area contributed by atoms with Gasteiger partial charge in [-0.25, -0.2) is 9.07 Å². The molecule has 0 amide bonds. The monoisotopic (exact) mass is 438 g/mol. The Morgan fingerprint density at radius 2 is 1.85 bits per heavy atom. The van der Waals surface area contributed by atoms with Crippen molar-refractivity contribution in [3.8, 4) is 5.69 Å². The van der Waals surface area contributed by atoms with E-state index in [0.29, 0.717) is 0 Å². The lowest BCUT2D eigenvalue weighted by Crippen LogP contribution is -2.40. The third-order valence-electron chi connectivity index (χ3n) is 7.84. The molecule has 6 rings (SSSR count). The molecule has 0 spiro atoms. The highest BCUT2D eigenvalue weighted by atomic mass is 19.1. The van der Waals surface area contributed by atoms with E-state index in [1.807, 2.05) is 23.0 Å².